The Morgan fingerprint density at radius 3 is 2.57 bits per heavy atom. The van der Waals surface area contributed by atoms with Gasteiger partial charge in [0.25, 0.3) is 0 Å². The van der Waals surface area contributed by atoms with Crippen LogP contribution >= 0.6 is 0 Å². The molecular weight excluding hydrogens is 172 g/mol. The van der Waals surface area contributed by atoms with Gasteiger partial charge in [-0.15, -0.1) is 0 Å². The number of hydrogen-bond acceptors (Lipinski definition) is 1. The third-order valence-corrected chi connectivity index (χ3v) is 3.96. The minimum Gasteiger partial charge on any atom is -0.393 e. The summed E-state index contributed by atoms with van der Waals surface area (Å²) in [5.41, 5.74) is 0.343. The topological polar surface area (TPSA) is 20.2 Å². The van der Waals surface area contributed by atoms with Crippen LogP contribution < -0.4 is 0 Å². The Balaban J connectivity index is 2.64. The molecule has 1 N–H and O–H groups in total. The molecule has 1 aliphatic rings. The molecule has 0 amide bonds. The Morgan fingerprint density at radius 1 is 1.36 bits per heavy atom. The first-order chi connectivity index (χ1) is 6.46. The maximum atomic E-state index is 10.1. The van der Waals surface area contributed by atoms with E-state index in [2.05, 4.69) is 27.7 Å². The first kappa shape index (κ1) is 12.0. The van der Waals surface area contributed by atoms with E-state index >= 15 is 0 Å². The lowest BCUT2D eigenvalue weighted by Gasteiger charge is -2.26. The van der Waals surface area contributed by atoms with Crippen molar-refractivity contribution in [3.8, 4) is 0 Å². The van der Waals surface area contributed by atoms with Gasteiger partial charge in [0.2, 0.25) is 0 Å². The van der Waals surface area contributed by atoms with Crippen LogP contribution in [-0.4, -0.2) is 11.2 Å². The predicted molar refractivity (Wildman–Crippen MR) is 61.2 cm³/mol. The average molecular weight is 198 g/mol. The van der Waals surface area contributed by atoms with Crippen molar-refractivity contribution in [2.24, 2.45) is 17.3 Å². The van der Waals surface area contributed by atoms with Crippen LogP contribution in [0.15, 0.2) is 0 Å². The molecule has 3 unspecified atom stereocenters. The molecule has 0 spiro atoms. The lowest BCUT2D eigenvalue weighted by molar-refractivity contribution is 0.0618. The number of aliphatic hydroxyl groups is 1. The Hall–Kier alpha value is -0.0400. The van der Waals surface area contributed by atoms with E-state index in [0.717, 1.165) is 12.3 Å². The predicted octanol–water partition coefficient (Wildman–Crippen LogP) is 3.61. The monoisotopic (exact) mass is 198 g/mol. The summed E-state index contributed by atoms with van der Waals surface area (Å²) < 4.78 is 0. The van der Waals surface area contributed by atoms with Gasteiger partial charge < -0.3 is 5.11 Å². The molecule has 1 nitrogen and oxygen atoms in total. The smallest absolute Gasteiger partial charge is 0.0573 e. The fraction of sp³-hybridized carbons (Fsp3) is 1.00. The molecule has 14 heavy (non-hydrogen) atoms. The van der Waals surface area contributed by atoms with Gasteiger partial charge in [0, 0.05) is 0 Å². The summed E-state index contributed by atoms with van der Waals surface area (Å²) in [6, 6.07) is 0. The molecule has 0 bridgehead atoms. The summed E-state index contributed by atoms with van der Waals surface area (Å²) in [5.74, 6) is 1.24. The van der Waals surface area contributed by atoms with Crippen molar-refractivity contribution in [1.29, 1.82) is 0 Å². The molecule has 1 aliphatic carbocycles. The number of hydrogen-bond donors (Lipinski definition) is 1. The van der Waals surface area contributed by atoms with Crippen molar-refractivity contribution in [2.45, 2.75) is 65.9 Å². The average Bonchev–Trinajstić information content (AvgIpc) is 2.17. The molecule has 1 rings (SSSR count). The Morgan fingerprint density at radius 2 is 2.00 bits per heavy atom. The molecule has 84 valence electrons. The van der Waals surface area contributed by atoms with Crippen LogP contribution in [-0.2, 0) is 0 Å². The minimum atomic E-state index is -0.0796. The van der Waals surface area contributed by atoms with Crippen LogP contribution in [0.4, 0.5) is 0 Å². The first-order valence-electron chi connectivity index (χ1n) is 6.14. The van der Waals surface area contributed by atoms with Crippen LogP contribution in [0.1, 0.15) is 59.8 Å². The SMILES string of the molecule is CCCC1CCC(C)(C)CC(O)C1C. The van der Waals surface area contributed by atoms with E-state index in [4.69, 9.17) is 0 Å². The van der Waals surface area contributed by atoms with E-state index < -0.39 is 0 Å². The molecule has 1 fully saturated rings. The molecule has 3 atom stereocenters. The van der Waals surface area contributed by atoms with Crippen LogP contribution in [0, 0.1) is 17.3 Å². The van der Waals surface area contributed by atoms with Gasteiger partial charge in [-0.2, -0.15) is 0 Å². The maximum Gasteiger partial charge on any atom is 0.0573 e. The zero-order chi connectivity index (χ0) is 10.8. The largest absolute Gasteiger partial charge is 0.393 e. The second-order valence-electron chi connectivity index (χ2n) is 5.88. The van der Waals surface area contributed by atoms with Gasteiger partial charge in [-0.25, -0.2) is 0 Å². The van der Waals surface area contributed by atoms with Crippen LogP contribution in [0.25, 0.3) is 0 Å². The number of aliphatic hydroxyl groups excluding tert-OH is 1. The van der Waals surface area contributed by atoms with E-state index in [1.54, 1.807) is 0 Å². The van der Waals surface area contributed by atoms with Gasteiger partial charge in [-0.1, -0.05) is 40.5 Å². The molecule has 0 saturated heterocycles. The Bertz CT molecular complexity index is 174. The van der Waals surface area contributed by atoms with Crippen molar-refractivity contribution in [2.75, 3.05) is 0 Å². The zero-order valence-corrected chi connectivity index (χ0v) is 10.2. The van der Waals surface area contributed by atoms with Crippen LogP contribution in [0.2, 0.25) is 0 Å². The highest BCUT2D eigenvalue weighted by Gasteiger charge is 2.33. The fourth-order valence-corrected chi connectivity index (χ4v) is 2.79. The summed E-state index contributed by atoms with van der Waals surface area (Å²) in [5, 5.41) is 10.1. The van der Waals surface area contributed by atoms with Crippen molar-refractivity contribution in [1.82, 2.24) is 0 Å². The van der Waals surface area contributed by atoms with Crippen molar-refractivity contribution in [3.63, 3.8) is 0 Å². The molecule has 0 aliphatic heterocycles. The first-order valence-corrected chi connectivity index (χ1v) is 6.14. The van der Waals surface area contributed by atoms with E-state index in [1.807, 2.05) is 0 Å². The molecule has 1 heteroatoms. The second kappa shape index (κ2) is 4.65. The quantitative estimate of drug-likeness (QED) is 0.672. The van der Waals surface area contributed by atoms with Gasteiger partial charge >= 0.3 is 0 Å². The van der Waals surface area contributed by atoms with Crippen LogP contribution in [0.5, 0.6) is 0 Å². The highest BCUT2D eigenvalue weighted by molar-refractivity contribution is 4.84. The van der Waals surface area contributed by atoms with Crippen LogP contribution in [0.3, 0.4) is 0 Å². The molecule has 0 aromatic heterocycles. The summed E-state index contributed by atoms with van der Waals surface area (Å²) in [6.45, 7) is 9.05. The lowest BCUT2D eigenvalue weighted by Crippen LogP contribution is -2.25. The third-order valence-electron chi connectivity index (χ3n) is 3.96. The second-order valence-corrected chi connectivity index (χ2v) is 5.88. The van der Waals surface area contributed by atoms with Gasteiger partial charge in [0.15, 0.2) is 0 Å². The van der Waals surface area contributed by atoms with Gasteiger partial charge in [-0.05, 0) is 36.5 Å². The molecule has 0 aromatic rings. The minimum absolute atomic E-state index is 0.0796. The maximum absolute atomic E-state index is 10.1. The number of rotatable bonds is 2. The fourth-order valence-electron chi connectivity index (χ4n) is 2.79. The van der Waals surface area contributed by atoms with Gasteiger partial charge in [0.1, 0.15) is 0 Å². The summed E-state index contributed by atoms with van der Waals surface area (Å²) in [7, 11) is 0. The van der Waals surface area contributed by atoms with Crippen molar-refractivity contribution in [3.05, 3.63) is 0 Å². The Labute approximate surface area is 88.9 Å². The third kappa shape index (κ3) is 2.98. The molecule has 1 saturated carbocycles. The summed E-state index contributed by atoms with van der Waals surface area (Å²) >= 11 is 0. The van der Waals surface area contributed by atoms with Gasteiger partial charge in [-0.3, -0.25) is 0 Å². The molecule has 0 radical (unpaired) electrons. The van der Waals surface area contributed by atoms with E-state index in [9.17, 15) is 5.11 Å². The van der Waals surface area contributed by atoms with Crippen molar-refractivity contribution >= 4 is 0 Å². The summed E-state index contributed by atoms with van der Waals surface area (Å²) in [6.07, 6.45) is 6.02. The van der Waals surface area contributed by atoms with E-state index in [1.165, 1.54) is 25.7 Å². The van der Waals surface area contributed by atoms with E-state index in [-0.39, 0.29) is 6.10 Å². The molecular formula is C13H26O. The molecule has 0 aromatic carbocycles. The van der Waals surface area contributed by atoms with E-state index in [0.29, 0.717) is 11.3 Å². The zero-order valence-electron chi connectivity index (χ0n) is 10.2. The summed E-state index contributed by atoms with van der Waals surface area (Å²) in [4.78, 5) is 0. The van der Waals surface area contributed by atoms with Gasteiger partial charge in [0.05, 0.1) is 6.10 Å². The molecule has 0 heterocycles. The highest BCUT2D eigenvalue weighted by atomic mass is 16.3. The van der Waals surface area contributed by atoms with Crippen molar-refractivity contribution < 1.29 is 5.11 Å². The standard InChI is InChI=1S/C13H26O/c1-5-6-11-7-8-13(3,4)9-12(14)10(11)2/h10-12,14H,5-9H2,1-4H3. The Kier molecular flexibility index (Phi) is 4.00. The highest BCUT2D eigenvalue weighted by Crippen LogP contribution is 2.40. The lowest BCUT2D eigenvalue weighted by atomic mass is 9.83. The normalized spacial score (nSPS) is 37.9.